The van der Waals surface area contributed by atoms with E-state index in [1.54, 1.807) is 48.5 Å². The SMILES string of the molecule is Cc1cccc(NC(=O)Nc2cc(C3(C(F)(F)F)CC3)nn2-c2ccccc2)c1. The Kier molecular flexibility index (Phi) is 4.56. The molecule has 0 atom stereocenters. The fourth-order valence-corrected chi connectivity index (χ4v) is 3.28. The molecule has 1 aliphatic carbocycles. The minimum absolute atomic E-state index is 0.00275. The van der Waals surface area contributed by atoms with Crippen molar-refractivity contribution < 1.29 is 18.0 Å². The fourth-order valence-electron chi connectivity index (χ4n) is 3.28. The van der Waals surface area contributed by atoms with E-state index in [2.05, 4.69) is 15.7 Å². The van der Waals surface area contributed by atoms with Gasteiger partial charge in [0.15, 0.2) is 0 Å². The highest BCUT2D eigenvalue weighted by Gasteiger charge is 2.65. The van der Waals surface area contributed by atoms with Gasteiger partial charge in [-0.05, 0) is 49.6 Å². The molecule has 0 saturated heterocycles. The number of amides is 2. The van der Waals surface area contributed by atoms with Crippen molar-refractivity contribution in [3.05, 3.63) is 71.9 Å². The number of aryl methyl sites for hydroxylation is 1. The van der Waals surface area contributed by atoms with Gasteiger partial charge >= 0.3 is 12.2 Å². The molecule has 1 heterocycles. The molecule has 0 bridgehead atoms. The van der Waals surface area contributed by atoms with Crippen LogP contribution in [0.25, 0.3) is 5.69 Å². The number of alkyl halides is 3. The number of nitrogens with zero attached hydrogens (tertiary/aromatic N) is 2. The molecule has 1 aliphatic rings. The van der Waals surface area contributed by atoms with E-state index >= 15 is 0 Å². The molecule has 0 radical (unpaired) electrons. The van der Waals surface area contributed by atoms with Gasteiger partial charge in [0, 0.05) is 11.8 Å². The first-order valence-corrected chi connectivity index (χ1v) is 9.16. The van der Waals surface area contributed by atoms with E-state index in [-0.39, 0.29) is 24.4 Å². The van der Waals surface area contributed by atoms with Crippen molar-refractivity contribution in [1.29, 1.82) is 0 Å². The lowest BCUT2D eigenvalue weighted by Gasteiger charge is -2.16. The van der Waals surface area contributed by atoms with Crippen molar-refractivity contribution in [3.8, 4) is 5.69 Å². The molecule has 4 rings (SSSR count). The third-order valence-electron chi connectivity index (χ3n) is 5.01. The summed E-state index contributed by atoms with van der Waals surface area (Å²) < 4.78 is 42.0. The summed E-state index contributed by atoms with van der Waals surface area (Å²) in [4.78, 5) is 12.5. The van der Waals surface area contributed by atoms with Crippen molar-refractivity contribution in [3.63, 3.8) is 0 Å². The van der Waals surface area contributed by atoms with E-state index in [4.69, 9.17) is 0 Å². The molecular weight excluding hydrogens is 381 g/mol. The molecule has 1 fully saturated rings. The zero-order chi connectivity index (χ0) is 20.6. The van der Waals surface area contributed by atoms with Gasteiger partial charge in [0.05, 0.1) is 11.4 Å². The van der Waals surface area contributed by atoms with Crippen LogP contribution < -0.4 is 10.6 Å². The third-order valence-corrected chi connectivity index (χ3v) is 5.01. The molecular formula is C21H19F3N4O. The maximum absolute atomic E-state index is 13.6. The Hall–Kier alpha value is -3.29. The molecule has 150 valence electrons. The molecule has 0 unspecified atom stereocenters. The largest absolute Gasteiger partial charge is 0.400 e. The van der Waals surface area contributed by atoms with Gasteiger partial charge in [-0.2, -0.15) is 18.3 Å². The van der Waals surface area contributed by atoms with Crippen molar-refractivity contribution in [1.82, 2.24) is 9.78 Å². The van der Waals surface area contributed by atoms with Gasteiger partial charge in [-0.1, -0.05) is 30.3 Å². The number of benzene rings is 2. The van der Waals surface area contributed by atoms with Gasteiger partial charge in [0.2, 0.25) is 0 Å². The van der Waals surface area contributed by atoms with Crippen LogP contribution in [0, 0.1) is 6.92 Å². The average Bonchev–Trinajstić information content (AvgIpc) is 3.39. The first-order chi connectivity index (χ1) is 13.8. The van der Waals surface area contributed by atoms with Crippen LogP contribution in [0.2, 0.25) is 0 Å². The highest BCUT2D eigenvalue weighted by atomic mass is 19.4. The summed E-state index contributed by atoms with van der Waals surface area (Å²) in [6.07, 6.45) is -4.39. The Morgan fingerprint density at radius 3 is 2.38 bits per heavy atom. The van der Waals surface area contributed by atoms with E-state index in [1.165, 1.54) is 10.7 Å². The van der Waals surface area contributed by atoms with E-state index in [0.29, 0.717) is 11.4 Å². The number of nitrogens with one attached hydrogen (secondary N) is 2. The highest BCUT2D eigenvalue weighted by molar-refractivity contribution is 5.99. The second-order valence-electron chi connectivity index (χ2n) is 7.19. The van der Waals surface area contributed by atoms with Crippen LogP contribution in [0.4, 0.5) is 29.5 Å². The third kappa shape index (κ3) is 3.70. The van der Waals surface area contributed by atoms with Gasteiger partial charge in [-0.15, -0.1) is 0 Å². The molecule has 2 N–H and O–H groups in total. The lowest BCUT2D eigenvalue weighted by atomic mass is 10.0. The van der Waals surface area contributed by atoms with Crippen LogP contribution in [0.1, 0.15) is 24.1 Å². The molecule has 1 saturated carbocycles. The molecule has 29 heavy (non-hydrogen) atoms. The normalized spacial score (nSPS) is 15.0. The average molecular weight is 400 g/mol. The molecule has 5 nitrogen and oxygen atoms in total. The number of para-hydroxylation sites is 1. The molecule has 2 aromatic carbocycles. The van der Waals surface area contributed by atoms with Gasteiger partial charge in [-0.3, -0.25) is 5.32 Å². The molecule has 2 amide bonds. The van der Waals surface area contributed by atoms with Crippen molar-refractivity contribution in [2.45, 2.75) is 31.4 Å². The number of carbonyl (C=O) groups is 1. The topological polar surface area (TPSA) is 59.0 Å². The second-order valence-corrected chi connectivity index (χ2v) is 7.19. The summed E-state index contributed by atoms with van der Waals surface area (Å²) in [6, 6.07) is 16.7. The smallest absolute Gasteiger partial charge is 0.308 e. The Bertz CT molecular complexity index is 1040. The lowest BCUT2D eigenvalue weighted by molar-refractivity contribution is -0.161. The lowest BCUT2D eigenvalue weighted by Crippen LogP contribution is -2.29. The molecule has 1 aromatic heterocycles. The molecule has 8 heteroatoms. The van der Waals surface area contributed by atoms with E-state index < -0.39 is 17.6 Å². The first kappa shape index (κ1) is 19.0. The van der Waals surface area contributed by atoms with E-state index in [0.717, 1.165) is 5.56 Å². The van der Waals surface area contributed by atoms with Crippen LogP contribution in [0.15, 0.2) is 60.7 Å². The quantitative estimate of drug-likeness (QED) is 0.614. The minimum atomic E-state index is -4.38. The molecule has 0 spiro atoms. The van der Waals surface area contributed by atoms with Crippen LogP contribution >= 0.6 is 0 Å². The van der Waals surface area contributed by atoms with Crippen molar-refractivity contribution in [2.24, 2.45) is 0 Å². The van der Waals surface area contributed by atoms with E-state index in [9.17, 15) is 18.0 Å². The summed E-state index contributed by atoms with van der Waals surface area (Å²) >= 11 is 0. The zero-order valence-electron chi connectivity index (χ0n) is 15.6. The highest BCUT2D eigenvalue weighted by Crippen LogP contribution is 2.58. The van der Waals surface area contributed by atoms with Crippen LogP contribution in [-0.4, -0.2) is 22.0 Å². The summed E-state index contributed by atoms with van der Waals surface area (Å²) in [7, 11) is 0. The Morgan fingerprint density at radius 1 is 1.03 bits per heavy atom. The predicted molar refractivity (Wildman–Crippen MR) is 104 cm³/mol. The van der Waals surface area contributed by atoms with Crippen LogP contribution in [0.3, 0.4) is 0 Å². The molecule has 3 aromatic rings. The van der Waals surface area contributed by atoms with Gasteiger partial charge < -0.3 is 5.32 Å². The number of hydrogen-bond acceptors (Lipinski definition) is 2. The minimum Gasteiger partial charge on any atom is -0.308 e. The van der Waals surface area contributed by atoms with Gasteiger partial charge in [0.25, 0.3) is 0 Å². The number of rotatable bonds is 4. The number of hydrogen-bond donors (Lipinski definition) is 2. The second kappa shape index (κ2) is 6.95. The predicted octanol–water partition coefficient (Wildman–Crippen LogP) is 5.42. The Morgan fingerprint density at radius 2 is 1.76 bits per heavy atom. The fraction of sp³-hybridized carbons (Fsp3) is 0.238. The van der Waals surface area contributed by atoms with Crippen molar-refractivity contribution >= 4 is 17.5 Å². The summed E-state index contributed by atoms with van der Waals surface area (Å²) in [6.45, 7) is 1.89. The molecule has 0 aliphatic heterocycles. The van der Waals surface area contributed by atoms with Crippen LogP contribution in [0.5, 0.6) is 0 Å². The van der Waals surface area contributed by atoms with Gasteiger partial charge in [-0.25, -0.2) is 9.48 Å². The van der Waals surface area contributed by atoms with Gasteiger partial charge in [0.1, 0.15) is 11.2 Å². The number of carbonyl (C=O) groups excluding carboxylic acids is 1. The summed E-state index contributed by atoms with van der Waals surface area (Å²) in [5, 5.41) is 9.53. The number of urea groups is 1. The number of aromatic nitrogens is 2. The van der Waals surface area contributed by atoms with Crippen molar-refractivity contribution in [2.75, 3.05) is 10.6 Å². The monoisotopic (exact) mass is 400 g/mol. The van der Waals surface area contributed by atoms with Crippen LogP contribution in [-0.2, 0) is 5.41 Å². The summed E-state index contributed by atoms with van der Waals surface area (Å²) in [5.74, 6) is 0.173. The maximum atomic E-state index is 13.6. The first-order valence-electron chi connectivity index (χ1n) is 9.16. The standard InChI is InChI=1S/C21H19F3N4O/c1-14-6-5-7-15(12-14)25-19(29)26-18-13-17(20(10-11-20)21(22,23)24)27-28(18)16-8-3-2-4-9-16/h2-9,12-13H,10-11H2,1H3,(H2,25,26,29). The maximum Gasteiger partial charge on any atom is 0.400 e. The number of anilines is 2. The Balaban J connectivity index is 1.65. The zero-order valence-corrected chi connectivity index (χ0v) is 15.6. The van der Waals surface area contributed by atoms with E-state index in [1.807, 2.05) is 13.0 Å². The number of halogens is 3. The Labute approximate surface area is 165 Å². The summed E-state index contributed by atoms with van der Waals surface area (Å²) in [5.41, 5.74) is 0.0984.